The minimum atomic E-state index is -0.0770. The summed E-state index contributed by atoms with van der Waals surface area (Å²) in [6, 6.07) is 11.2. The van der Waals surface area contributed by atoms with E-state index in [-0.39, 0.29) is 5.91 Å². The predicted octanol–water partition coefficient (Wildman–Crippen LogP) is 2.40. The van der Waals surface area contributed by atoms with E-state index in [1.165, 1.54) is 0 Å². The zero-order valence-electron chi connectivity index (χ0n) is 11.0. The van der Waals surface area contributed by atoms with Crippen LogP contribution in [0.2, 0.25) is 0 Å². The van der Waals surface area contributed by atoms with Crippen LogP contribution in [-0.4, -0.2) is 22.8 Å². The van der Waals surface area contributed by atoms with E-state index in [1.807, 2.05) is 24.3 Å². The molecule has 3 N–H and O–H groups in total. The number of nitrogen functional groups attached to an aromatic ring is 1. The number of hydrogen-bond donors (Lipinski definition) is 2. The fourth-order valence-electron chi connectivity index (χ4n) is 1.80. The van der Waals surface area contributed by atoms with E-state index in [2.05, 4.69) is 26.3 Å². The van der Waals surface area contributed by atoms with Crippen LogP contribution in [0.4, 0.5) is 5.82 Å². The molecule has 0 bridgehead atoms. The number of nitrogens with two attached hydrogens (primary N) is 1. The first kappa shape index (κ1) is 14.5. The van der Waals surface area contributed by atoms with Gasteiger partial charge in [0.05, 0.1) is 0 Å². The van der Waals surface area contributed by atoms with Crippen molar-refractivity contribution in [1.29, 1.82) is 0 Å². The number of rotatable bonds is 4. The van der Waals surface area contributed by atoms with Crippen LogP contribution in [-0.2, 0) is 6.54 Å². The van der Waals surface area contributed by atoms with Gasteiger partial charge in [-0.2, -0.15) is 0 Å². The summed E-state index contributed by atoms with van der Waals surface area (Å²) >= 11 is 3.39. The van der Waals surface area contributed by atoms with E-state index < -0.39 is 0 Å². The second-order valence-electron chi connectivity index (χ2n) is 4.36. The van der Waals surface area contributed by atoms with Crippen LogP contribution in [0.5, 0.6) is 0 Å². The van der Waals surface area contributed by atoms with E-state index in [1.54, 1.807) is 30.3 Å². The van der Waals surface area contributed by atoms with Gasteiger partial charge in [-0.15, -0.1) is 0 Å². The maximum absolute atomic E-state index is 12.3. The van der Waals surface area contributed by atoms with E-state index >= 15 is 0 Å². The molecule has 0 aliphatic rings. The summed E-state index contributed by atoms with van der Waals surface area (Å²) in [4.78, 5) is 17.9. The van der Waals surface area contributed by atoms with Crippen molar-refractivity contribution >= 4 is 27.7 Å². The van der Waals surface area contributed by atoms with Crippen molar-refractivity contribution in [2.45, 2.75) is 6.54 Å². The van der Waals surface area contributed by atoms with Crippen LogP contribution >= 0.6 is 15.9 Å². The second-order valence-corrected chi connectivity index (χ2v) is 5.28. The maximum atomic E-state index is 12.3. The van der Waals surface area contributed by atoms with E-state index in [4.69, 9.17) is 5.84 Å². The molecule has 1 aromatic heterocycles. The van der Waals surface area contributed by atoms with Crippen molar-refractivity contribution in [3.05, 3.63) is 58.2 Å². The van der Waals surface area contributed by atoms with Crippen LogP contribution in [0.15, 0.2) is 47.1 Å². The normalized spacial score (nSPS) is 10.2. The minimum absolute atomic E-state index is 0.0770. The number of carbonyl (C=O) groups is 1. The van der Waals surface area contributed by atoms with Gasteiger partial charge in [0.15, 0.2) is 0 Å². The van der Waals surface area contributed by atoms with Gasteiger partial charge in [0.1, 0.15) is 5.82 Å². The highest BCUT2D eigenvalue weighted by Gasteiger charge is 2.12. The third kappa shape index (κ3) is 3.55. The molecule has 2 aromatic rings. The number of amides is 1. The van der Waals surface area contributed by atoms with Crippen LogP contribution in [0.25, 0.3) is 0 Å². The molecule has 0 radical (unpaired) electrons. The van der Waals surface area contributed by atoms with E-state index in [0.717, 1.165) is 10.0 Å². The number of nitrogens with one attached hydrogen (secondary N) is 1. The molecule has 0 saturated heterocycles. The molecule has 0 saturated carbocycles. The van der Waals surface area contributed by atoms with Gasteiger partial charge in [-0.3, -0.25) is 4.79 Å². The molecule has 0 unspecified atom stereocenters. The maximum Gasteiger partial charge on any atom is 0.254 e. The number of halogens is 1. The molecular formula is C14H15BrN4O. The Balaban J connectivity index is 2.09. The van der Waals surface area contributed by atoms with Crippen LogP contribution < -0.4 is 11.3 Å². The smallest absolute Gasteiger partial charge is 0.254 e. The number of hydrogen-bond acceptors (Lipinski definition) is 4. The standard InChI is InChI=1S/C14H15BrN4O/c1-19(9-10-2-4-12(15)5-3-10)14(20)11-6-7-17-13(8-11)18-16/h2-8H,9,16H2,1H3,(H,17,18). The summed E-state index contributed by atoms with van der Waals surface area (Å²) in [5.74, 6) is 5.68. The number of benzene rings is 1. The highest BCUT2D eigenvalue weighted by atomic mass is 79.9. The van der Waals surface area contributed by atoms with Crippen molar-refractivity contribution < 1.29 is 4.79 Å². The summed E-state index contributed by atoms with van der Waals surface area (Å²) in [5, 5.41) is 0. The molecule has 1 heterocycles. The number of aromatic nitrogens is 1. The van der Waals surface area contributed by atoms with Crippen LogP contribution in [0, 0.1) is 0 Å². The summed E-state index contributed by atoms with van der Waals surface area (Å²) in [5.41, 5.74) is 4.04. The first-order valence-corrected chi connectivity index (χ1v) is 6.82. The average Bonchev–Trinajstić information content (AvgIpc) is 2.48. The Morgan fingerprint density at radius 2 is 2.05 bits per heavy atom. The Kier molecular flexibility index (Phi) is 4.70. The van der Waals surface area contributed by atoms with Crippen molar-refractivity contribution in [3.63, 3.8) is 0 Å². The number of anilines is 1. The Bertz CT molecular complexity index is 600. The first-order chi connectivity index (χ1) is 9.60. The zero-order valence-corrected chi connectivity index (χ0v) is 12.6. The predicted molar refractivity (Wildman–Crippen MR) is 82.0 cm³/mol. The third-order valence-electron chi connectivity index (χ3n) is 2.83. The Hall–Kier alpha value is -1.92. The number of pyridine rings is 1. The van der Waals surface area contributed by atoms with Gasteiger partial charge in [-0.25, -0.2) is 10.8 Å². The fraction of sp³-hybridized carbons (Fsp3) is 0.143. The fourth-order valence-corrected chi connectivity index (χ4v) is 2.06. The Morgan fingerprint density at radius 3 is 2.70 bits per heavy atom. The lowest BCUT2D eigenvalue weighted by atomic mass is 10.2. The molecule has 0 aliphatic heterocycles. The molecular weight excluding hydrogens is 320 g/mol. The Labute approximate surface area is 125 Å². The van der Waals surface area contributed by atoms with Gasteiger partial charge in [-0.05, 0) is 29.8 Å². The lowest BCUT2D eigenvalue weighted by Gasteiger charge is -2.17. The van der Waals surface area contributed by atoms with Crippen molar-refractivity contribution in [2.75, 3.05) is 12.5 Å². The number of nitrogens with zero attached hydrogens (tertiary/aromatic N) is 2. The number of hydrazine groups is 1. The topological polar surface area (TPSA) is 71.2 Å². The van der Waals surface area contributed by atoms with Gasteiger partial charge < -0.3 is 10.3 Å². The van der Waals surface area contributed by atoms with Gasteiger partial charge in [0, 0.05) is 29.8 Å². The highest BCUT2D eigenvalue weighted by Crippen LogP contribution is 2.14. The minimum Gasteiger partial charge on any atom is -0.337 e. The van der Waals surface area contributed by atoms with Crippen LogP contribution in [0.1, 0.15) is 15.9 Å². The molecule has 2 rings (SSSR count). The van der Waals surface area contributed by atoms with Crippen molar-refractivity contribution in [2.24, 2.45) is 5.84 Å². The lowest BCUT2D eigenvalue weighted by Crippen LogP contribution is -2.26. The molecule has 1 aromatic carbocycles. The molecule has 1 amide bonds. The quantitative estimate of drug-likeness (QED) is 0.665. The summed E-state index contributed by atoms with van der Waals surface area (Å²) in [6.45, 7) is 0.541. The van der Waals surface area contributed by atoms with Gasteiger partial charge in [-0.1, -0.05) is 28.1 Å². The van der Waals surface area contributed by atoms with Gasteiger partial charge in [0.2, 0.25) is 0 Å². The molecule has 6 heteroatoms. The highest BCUT2D eigenvalue weighted by molar-refractivity contribution is 9.10. The molecule has 0 atom stereocenters. The molecule has 0 fully saturated rings. The molecule has 0 spiro atoms. The molecule has 0 aliphatic carbocycles. The van der Waals surface area contributed by atoms with Crippen LogP contribution in [0.3, 0.4) is 0 Å². The van der Waals surface area contributed by atoms with E-state index in [0.29, 0.717) is 17.9 Å². The largest absolute Gasteiger partial charge is 0.337 e. The SMILES string of the molecule is CN(Cc1ccc(Br)cc1)C(=O)c1ccnc(NN)c1. The number of carbonyl (C=O) groups excluding carboxylic acids is 1. The van der Waals surface area contributed by atoms with Crippen molar-refractivity contribution in [3.8, 4) is 0 Å². The molecule has 20 heavy (non-hydrogen) atoms. The molecule has 104 valence electrons. The van der Waals surface area contributed by atoms with Crippen molar-refractivity contribution in [1.82, 2.24) is 9.88 Å². The Morgan fingerprint density at radius 1 is 1.35 bits per heavy atom. The second kappa shape index (κ2) is 6.49. The average molecular weight is 335 g/mol. The molecule has 5 nitrogen and oxygen atoms in total. The zero-order chi connectivity index (χ0) is 14.5. The van der Waals surface area contributed by atoms with E-state index in [9.17, 15) is 4.79 Å². The van der Waals surface area contributed by atoms with Gasteiger partial charge >= 0.3 is 0 Å². The summed E-state index contributed by atoms with van der Waals surface area (Å²) in [6.07, 6.45) is 1.55. The van der Waals surface area contributed by atoms with Gasteiger partial charge in [0.25, 0.3) is 5.91 Å². The summed E-state index contributed by atoms with van der Waals surface area (Å²) in [7, 11) is 1.76. The first-order valence-electron chi connectivity index (χ1n) is 6.02. The summed E-state index contributed by atoms with van der Waals surface area (Å²) < 4.78 is 1.02. The third-order valence-corrected chi connectivity index (χ3v) is 3.36. The monoisotopic (exact) mass is 334 g/mol. The lowest BCUT2D eigenvalue weighted by molar-refractivity contribution is 0.0785.